The second-order valence-corrected chi connectivity index (χ2v) is 8.31. The van der Waals surface area contributed by atoms with Crippen LogP contribution in [0.5, 0.6) is 0 Å². The fourth-order valence-corrected chi connectivity index (χ4v) is 4.52. The molecule has 0 amide bonds. The van der Waals surface area contributed by atoms with Gasteiger partial charge in [0.2, 0.25) is 0 Å². The summed E-state index contributed by atoms with van der Waals surface area (Å²) in [5.74, 6) is 1.08. The van der Waals surface area contributed by atoms with E-state index in [1.165, 1.54) is 32.1 Å². The Balaban J connectivity index is 0.00000280. The van der Waals surface area contributed by atoms with Gasteiger partial charge in [0.1, 0.15) is 0 Å². The molecule has 1 N–H and O–H groups in total. The van der Waals surface area contributed by atoms with Crippen LogP contribution in [0.4, 0.5) is 0 Å². The van der Waals surface area contributed by atoms with Gasteiger partial charge in [0.05, 0.1) is 25.4 Å². The molecule has 164 valence electrons. The lowest BCUT2D eigenvalue weighted by atomic mass is 10.1. The van der Waals surface area contributed by atoms with Crippen molar-refractivity contribution in [3.63, 3.8) is 0 Å². The number of nitrogens with zero attached hydrogens (tertiary/aromatic N) is 3. The molecule has 1 unspecified atom stereocenters. The summed E-state index contributed by atoms with van der Waals surface area (Å²) in [6.07, 6.45) is 10.7. The van der Waals surface area contributed by atoms with Gasteiger partial charge >= 0.3 is 0 Å². The Labute approximate surface area is 188 Å². The van der Waals surface area contributed by atoms with Crippen molar-refractivity contribution in [2.45, 2.75) is 76.5 Å². The summed E-state index contributed by atoms with van der Waals surface area (Å²) in [5, 5.41) is 3.48. The molecule has 0 aromatic rings. The van der Waals surface area contributed by atoms with Gasteiger partial charge in [0.25, 0.3) is 0 Å². The number of nitrogens with one attached hydrogen (secondary N) is 1. The summed E-state index contributed by atoms with van der Waals surface area (Å²) in [6, 6.07) is 0.777. The van der Waals surface area contributed by atoms with Gasteiger partial charge in [-0.1, -0.05) is 12.8 Å². The number of hydrogen-bond acceptors (Lipinski definition) is 4. The first-order valence-corrected chi connectivity index (χ1v) is 11.2. The van der Waals surface area contributed by atoms with Crippen molar-refractivity contribution in [3.05, 3.63) is 0 Å². The average Bonchev–Trinajstić information content (AvgIpc) is 3.40. The van der Waals surface area contributed by atoms with Crippen molar-refractivity contribution >= 4 is 29.9 Å². The fraction of sp³-hybridized carbons (Fsp3) is 0.952. The highest BCUT2D eigenvalue weighted by molar-refractivity contribution is 14.0. The average molecular weight is 508 g/mol. The quantitative estimate of drug-likeness (QED) is 0.310. The smallest absolute Gasteiger partial charge is 0.193 e. The SMILES string of the molecule is CCNC(=NCCN(C)C1CCCC1)N1CCC(OCC2CCCO2)CC1.I. The maximum absolute atomic E-state index is 6.11. The van der Waals surface area contributed by atoms with E-state index in [2.05, 4.69) is 29.1 Å². The van der Waals surface area contributed by atoms with E-state index in [4.69, 9.17) is 14.5 Å². The molecule has 3 rings (SSSR count). The molecule has 1 aliphatic carbocycles. The Kier molecular flexibility index (Phi) is 11.4. The maximum atomic E-state index is 6.11. The Morgan fingerprint density at radius 1 is 1.14 bits per heavy atom. The van der Waals surface area contributed by atoms with Crippen LogP contribution in [0.25, 0.3) is 0 Å². The van der Waals surface area contributed by atoms with E-state index in [9.17, 15) is 0 Å². The van der Waals surface area contributed by atoms with E-state index < -0.39 is 0 Å². The van der Waals surface area contributed by atoms with Crippen molar-refractivity contribution in [1.82, 2.24) is 15.1 Å². The van der Waals surface area contributed by atoms with Crippen LogP contribution in [-0.2, 0) is 9.47 Å². The highest BCUT2D eigenvalue weighted by Crippen LogP contribution is 2.22. The lowest BCUT2D eigenvalue weighted by molar-refractivity contribution is -0.0367. The number of halogens is 1. The minimum absolute atomic E-state index is 0. The topological polar surface area (TPSA) is 49.3 Å². The predicted molar refractivity (Wildman–Crippen MR) is 126 cm³/mol. The molecule has 28 heavy (non-hydrogen) atoms. The van der Waals surface area contributed by atoms with Crippen LogP contribution in [0.2, 0.25) is 0 Å². The minimum Gasteiger partial charge on any atom is -0.376 e. The van der Waals surface area contributed by atoms with E-state index in [1.54, 1.807) is 0 Å². The molecule has 3 aliphatic rings. The molecule has 0 aromatic carbocycles. The standard InChI is InChI=1S/C21H40N4O2.HI/c1-3-22-21(23-12-15-24(2)18-7-4-5-8-18)25-13-10-19(11-14-25)27-17-20-9-6-16-26-20;/h18-20H,3-17H2,1-2H3,(H,22,23);1H. The monoisotopic (exact) mass is 508 g/mol. The van der Waals surface area contributed by atoms with Crippen LogP contribution in [0.3, 0.4) is 0 Å². The zero-order valence-electron chi connectivity index (χ0n) is 17.9. The van der Waals surface area contributed by atoms with Crippen molar-refractivity contribution < 1.29 is 9.47 Å². The van der Waals surface area contributed by atoms with Crippen LogP contribution in [0, 0.1) is 0 Å². The highest BCUT2D eigenvalue weighted by Gasteiger charge is 2.24. The van der Waals surface area contributed by atoms with Crippen molar-refractivity contribution in [1.29, 1.82) is 0 Å². The lowest BCUT2D eigenvalue weighted by Crippen LogP contribution is -2.47. The number of piperidine rings is 1. The maximum Gasteiger partial charge on any atom is 0.193 e. The van der Waals surface area contributed by atoms with Crippen LogP contribution in [-0.4, -0.2) is 87.0 Å². The number of aliphatic imine (C=N–C) groups is 1. The summed E-state index contributed by atoms with van der Waals surface area (Å²) in [7, 11) is 2.26. The van der Waals surface area contributed by atoms with Gasteiger partial charge < -0.3 is 24.6 Å². The van der Waals surface area contributed by atoms with Gasteiger partial charge in [0, 0.05) is 38.8 Å². The zero-order valence-corrected chi connectivity index (χ0v) is 20.2. The number of ether oxygens (including phenoxy) is 2. The first-order chi connectivity index (χ1) is 13.3. The van der Waals surface area contributed by atoms with Crippen molar-refractivity contribution in [3.8, 4) is 0 Å². The molecule has 0 aromatic heterocycles. The molecule has 6 nitrogen and oxygen atoms in total. The van der Waals surface area contributed by atoms with Crippen LogP contribution in [0.15, 0.2) is 4.99 Å². The van der Waals surface area contributed by atoms with Gasteiger partial charge in [-0.25, -0.2) is 0 Å². The largest absolute Gasteiger partial charge is 0.376 e. The molecular weight excluding hydrogens is 467 g/mol. The molecule has 3 fully saturated rings. The third-order valence-corrected chi connectivity index (χ3v) is 6.28. The molecule has 2 saturated heterocycles. The normalized spacial score (nSPS) is 24.8. The second kappa shape index (κ2) is 13.2. The van der Waals surface area contributed by atoms with Crippen LogP contribution >= 0.6 is 24.0 Å². The van der Waals surface area contributed by atoms with E-state index in [0.717, 1.165) is 77.2 Å². The third-order valence-electron chi connectivity index (χ3n) is 6.28. The first-order valence-electron chi connectivity index (χ1n) is 11.2. The molecule has 0 spiro atoms. The minimum atomic E-state index is 0. The molecule has 1 saturated carbocycles. The first kappa shape index (κ1) is 24.2. The Bertz CT molecular complexity index is 446. The van der Waals surface area contributed by atoms with Crippen molar-refractivity contribution in [2.24, 2.45) is 4.99 Å². The van der Waals surface area contributed by atoms with Crippen molar-refractivity contribution in [2.75, 3.05) is 53.0 Å². The summed E-state index contributed by atoms with van der Waals surface area (Å²) >= 11 is 0. The fourth-order valence-electron chi connectivity index (χ4n) is 4.52. The third kappa shape index (κ3) is 7.61. The van der Waals surface area contributed by atoms with Gasteiger partial charge in [-0.2, -0.15) is 0 Å². The lowest BCUT2D eigenvalue weighted by Gasteiger charge is -2.34. The Morgan fingerprint density at radius 3 is 2.54 bits per heavy atom. The zero-order chi connectivity index (χ0) is 18.9. The molecule has 0 radical (unpaired) electrons. The Hall–Kier alpha value is -0.120. The molecule has 0 bridgehead atoms. The van der Waals surface area contributed by atoms with Gasteiger partial charge in [-0.05, 0) is 52.5 Å². The summed E-state index contributed by atoms with van der Waals surface area (Å²) in [5.41, 5.74) is 0. The summed E-state index contributed by atoms with van der Waals surface area (Å²) in [4.78, 5) is 9.82. The van der Waals surface area contributed by atoms with E-state index in [1.807, 2.05) is 0 Å². The molecular formula is C21H41IN4O2. The predicted octanol–water partition coefficient (Wildman–Crippen LogP) is 3.10. The van der Waals surface area contributed by atoms with Gasteiger partial charge in [-0.15, -0.1) is 24.0 Å². The molecule has 1 atom stereocenters. The van der Waals surface area contributed by atoms with E-state index >= 15 is 0 Å². The Morgan fingerprint density at radius 2 is 1.89 bits per heavy atom. The number of rotatable bonds is 8. The number of guanidine groups is 1. The second-order valence-electron chi connectivity index (χ2n) is 8.31. The molecule has 2 heterocycles. The highest BCUT2D eigenvalue weighted by atomic mass is 127. The molecule has 7 heteroatoms. The van der Waals surface area contributed by atoms with Gasteiger partial charge in [-0.3, -0.25) is 4.99 Å². The summed E-state index contributed by atoms with van der Waals surface area (Å²) < 4.78 is 11.8. The molecule has 2 aliphatic heterocycles. The van der Waals surface area contributed by atoms with Gasteiger partial charge in [0.15, 0.2) is 5.96 Å². The van der Waals surface area contributed by atoms with E-state index in [-0.39, 0.29) is 24.0 Å². The van der Waals surface area contributed by atoms with Crippen LogP contribution in [0.1, 0.15) is 58.3 Å². The number of likely N-dealkylation sites (tertiary alicyclic amines) is 1. The number of likely N-dealkylation sites (N-methyl/N-ethyl adjacent to an activating group) is 1. The van der Waals surface area contributed by atoms with Crippen LogP contribution < -0.4 is 5.32 Å². The van der Waals surface area contributed by atoms with E-state index in [0.29, 0.717) is 12.2 Å². The number of hydrogen-bond donors (Lipinski definition) is 1. The summed E-state index contributed by atoms with van der Waals surface area (Å²) in [6.45, 7) is 8.74.